The van der Waals surface area contributed by atoms with Crippen molar-refractivity contribution in [3.8, 4) is 0 Å². The quantitative estimate of drug-likeness (QED) is 0.755. The van der Waals surface area contributed by atoms with Gasteiger partial charge in [0.2, 0.25) is 0 Å². The van der Waals surface area contributed by atoms with Gasteiger partial charge in [-0.3, -0.25) is 9.59 Å². The molecule has 0 atom stereocenters. The standard InChI is InChI=1S/C15H20N4O3/c1-4-18(9-8-14(20)22-3)15(21)11-6-7-13-12(10-11)16-17-19(13)5-2/h6-7,10H,4-5,8-9H2,1-3H3. The Morgan fingerprint density at radius 1 is 1.32 bits per heavy atom. The fraction of sp³-hybridized carbons (Fsp3) is 0.467. The summed E-state index contributed by atoms with van der Waals surface area (Å²) in [7, 11) is 1.34. The highest BCUT2D eigenvalue weighted by Crippen LogP contribution is 2.15. The van der Waals surface area contributed by atoms with Gasteiger partial charge in [-0.1, -0.05) is 5.21 Å². The number of amides is 1. The summed E-state index contributed by atoms with van der Waals surface area (Å²) in [5.74, 6) is -0.452. The molecule has 7 heteroatoms. The molecule has 0 aliphatic heterocycles. The van der Waals surface area contributed by atoms with Crippen molar-refractivity contribution in [3.63, 3.8) is 0 Å². The molecule has 1 heterocycles. The fourth-order valence-corrected chi connectivity index (χ4v) is 2.25. The monoisotopic (exact) mass is 304 g/mol. The third-order valence-electron chi connectivity index (χ3n) is 3.54. The second-order valence-corrected chi connectivity index (χ2v) is 4.82. The topological polar surface area (TPSA) is 77.3 Å². The van der Waals surface area contributed by atoms with Crippen LogP contribution in [-0.2, 0) is 16.1 Å². The van der Waals surface area contributed by atoms with Gasteiger partial charge in [-0.05, 0) is 32.0 Å². The number of benzene rings is 1. The summed E-state index contributed by atoms with van der Waals surface area (Å²) in [6.45, 7) is 5.45. The normalized spacial score (nSPS) is 10.7. The van der Waals surface area contributed by atoms with E-state index in [9.17, 15) is 9.59 Å². The van der Waals surface area contributed by atoms with Crippen LogP contribution in [0.25, 0.3) is 11.0 Å². The average Bonchev–Trinajstić information content (AvgIpc) is 2.96. The second kappa shape index (κ2) is 7.02. The predicted molar refractivity (Wildman–Crippen MR) is 81.4 cm³/mol. The number of nitrogens with zero attached hydrogens (tertiary/aromatic N) is 4. The van der Waals surface area contributed by atoms with Crippen LogP contribution in [0.15, 0.2) is 18.2 Å². The molecule has 0 N–H and O–H groups in total. The zero-order valence-corrected chi connectivity index (χ0v) is 13.1. The summed E-state index contributed by atoms with van der Waals surface area (Å²) in [5, 5.41) is 8.10. The number of hydrogen-bond acceptors (Lipinski definition) is 5. The molecule has 0 aliphatic rings. The number of fused-ring (bicyclic) bond motifs is 1. The molecule has 22 heavy (non-hydrogen) atoms. The molecule has 0 spiro atoms. The van der Waals surface area contributed by atoms with Crippen molar-refractivity contribution < 1.29 is 14.3 Å². The van der Waals surface area contributed by atoms with Gasteiger partial charge in [0.05, 0.1) is 19.0 Å². The van der Waals surface area contributed by atoms with Crippen molar-refractivity contribution in [2.75, 3.05) is 20.2 Å². The zero-order chi connectivity index (χ0) is 16.1. The first-order valence-corrected chi connectivity index (χ1v) is 7.30. The SMILES string of the molecule is CCN(CCC(=O)OC)C(=O)c1ccc2c(c1)nnn2CC. The number of aromatic nitrogens is 3. The number of hydrogen-bond donors (Lipinski definition) is 0. The maximum absolute atomic E-state index is 12.5. The van der Waals surface area contributed by atoms with E-state index in [1.54, 1.807) is 21.7 Å². The summed E-state index contributed by atoms with van der Waals surface area (Å²) in [4.78, 5) is 25.3. The number of rotatable bonds is 6. The molecule has 2 aromatic rings. The fourth-order valence-electron chi connectivity index (χ4n) is 2.25. The molecule has 1 aromatic carbocycles. The van der Waals surface area contributed by atoms with Crippen molar-refractivity contribution >= 4 is 22.9 Å². The number of esters is 1. The Morgan fingerprint density at radius 3 is 2.73 bits per heavy atom. The lowest BCUT2D eigenvalue weighted by molar-refractivity contribution is -0.140. The highest BCUT2D eigenvalue weighted by molar-refractivity contribution is 5.97. The van der Waals surface area contributed by atoms with E-state index in [1.165, 1.54) is 7.11 Å². The van der Waals surface area contributed by atoms with Gasteiger partial charge in [-0.2, -0.15) is 0 Å². The largest absolute Gasteiger partial charge is 0.469 e. The summed E-state index contributed by atoms with van der Waals surface area (Å²) in [6.07, 6.45) is 0.185. The van der Waals surface area contributed by atoms with Crippen LogP contribution >= 0.6 is 0 Å². The van der Waals surface area contributed by atoms with Crippen LogP contribution in [0.3, 0.4) is 0 Å². The molecule has 0 fully saturated rings. The predicted octanol–water partition coefficient (Wildman–Crippen LogP) is 1.48. The Bertz CT molecular complexity index is 680. The number of aryl methyl sites for hydroxylation is 1. The van der Waals surface area contributed by atoms with Crippen LogP contribution in [0, 0.1) is 0 Å². The number of carbonyl (C=O) groups is 2. The molecule has 7 nitrogen and oxygen atoms in total. The Hall–Kier alpha value is -2.44. The first-order chi connectivity index (χ1) is 10.6. The number of methoxy groups -OCH3 is 1. The maximum Gasteiger partial charge on any atom is 0.307 e. The van der Waals surface area contributed by atoms with Gasteiger partial charge in [0, 0.05) is 25.2 Å². The molecule has 1 amide bonds. The minimum atomic E-state index is -0.326. The summed E-state index contributed by atoms with van der Waals surface area (Å²) in [5.41, 5.74) is 2.13. The van der Waals surface area contributed by atoms with E-state index in [0.29, 0.717) is 24.2 Å². The van der Waals surface area contributed by atoms with Crippen molar-refractivity contribution in [1.82, 2.24) is 19.9 Å². The minimum absolute atomic E-state index is 0.126. The van der Waals surface area contributed by atoms with E-state index in [-0.39, 0.29) is 18.3 Å². The lowest BCUT2D eigenvalue weighted by atomic mass is 10.1. The van der Waals surface area contributed by atoms with Gasteiger partial charge in [-0.25, -0.2) is 4.68 Å². The Balaban J connectivity index is 2.18. The summed E-state index contributed by atoms with van der Waals surface area (Å²) < 4.78 is 6.38. The summed E-state index contributed by atoms with van der Waals surface area (Å²) >= 11 is 0. The highest BCUT2D eigenvalue weighted by atomic mass is 16.5. The number of ether oxygens (including phenoxy) is 1. The Kier molecular flexibility index (Phi) is 5.08. The van der Waals surface area contributed by atoms with Gasteiger partial charge >= 0.3 is 5.97 Å². The van der Waals surface area contributed by atoms with Gasteiger partial charge in [0.15, 0.2) is 0 Å². The third-order valence-corrected chi connectivity index (χ3v) is 3.54. The van der Waals surface area contributed by atoms with E-state index in [1.807, 2.05) is 19.9 Å². The van der Waals surface area contributed by atoms with Crippen molar-refractivity contribution in [3.05, 3.63) is 23.8 Å². The summed E-state index contributed by atoms with van der Waals surface area (Å²) in [6, 6.07) is 5.35. The van der Waals surface area contributed by atoms with E-state index in [0.717, 1.165) is 12.1 Å². The Labute approximate surface area is 128 Å². The van der Waals surface area contributed by atoms with Crippen LogP contribution < -0.4 is 0 Å². The van der Waals surface area contributed by atoms with Crippen molar-refractivity contribution in [2.24, 2.45) is 0 Å². The second-order valence-electron chi connectivity index (χ2n) is 4.82. The van der Waals surface area contributed by atoms with E-state index in [4.69, 9.17) is 0 Å². The first-order valence-electron chi connectivity index (χ1n) is 7.30. The van der Waals surface area contributed by atoms with Crippen LogP contribution in [-0.4, -0.2) is 52.0 Å². The van der Waals surface area contributed by atoms with Crippen molar-refractivity contribution in [2.45, 2.75) is 26.8 Å². The first kappa shape index (κ1) is 15.9. The molecule has 0 aliphatic carbocycles. The molecule has 118 valence electrons. The molecule has 2 rings (SSSR count). The average molecular weight is 304 g/mol. The van der Waals surface area contributed by atoms with Gasteiger partial charge in [0.1, 0.15) is 5.52 Å². The van der Waals surface area contributed by atoms with Gasteiger partial charge in [0.25, 0.3) is 5.91 Å². The van der Waals surface area contributed by atoms with E-state index < -0.39 is 0 Å². The zero-order valence-electron chi connectivity index (χ0n) is 13.1. The van der Waals surface area contributed by atoms with Gasteiger partial charge < -0.3 is 9.64 Å². The molecule has 0 radical (unpaired) electrons. The lowest BCUT2D eigenvalue weighted by Gasteiger charge is -2.20. The molecule has 1 aromatic heterocycles. The van der Waals surface area contributed by atoms with E-state index >= 15 is 0 Å². The lowest BCUT2D eigenvalue weighted by Crippen LogP contribution is -2.33. The molecule has 0 bridgehead atoms. The molecule has 0 saturated heterocycles. The van der Waals surface area contributed by atoms with Crippen LogP contribution in [0.5, 0.6) is 0 Å². The molecular formula is C15H20N4O3. The van der Waals surface area contributed by atoms with Crippen molar-refractivity contribution in [1.29, 1.82) is 0 Å². The molecule has 0 unspecified atom stereocenters. The van der Waals surface area contributed by atoms with Crippen LogP contribution in [0.4, 0.5) is 0 Å². The maximum atomic E-state index is 12.5. The van der Waals surface area contributed by atoms with Crippen LogP contribution in [0.2, 0.25) is 0 Å². The van der Waals surface area contributed by atoms with E-state index in [2.05, 4.69) is 15.0 Å². The third kappa shape index (κ3) is 3.24. The van der Waals surface area contributed by atoms with Gasteiger partial charge in [-0.15, -0.1) is 5.10 Å². The number of carbonyl (C=O) groups excluding carboxylic acids is 2. The highest BCUT2D eigenvalue weighted by Gasteiger charge is 2.17. The minimum Gasteiger partial charge on any atom is -0.469 e. The Morgan fingerprint density at radius 2 is 2.09 bits per heavy atom. The van der Waals surface area contributed by atoms with Crippen LogP contribution in [0.1, 0.15) is 30.6 Å². The smallest absolute Gasteiger partial charge is 0.307 e. The molecular weight excluding hydrogens is 284 g/mol. The molecule has 0 saturated carbocycles.